The van der Waals surface area contributed by atoms with Gasteiger partial charge in [-0.25, -0.2) is 14.4 Å². The second-order valence-electron chi connectivity index (χ2n) is 12.1. The van der Waals surface area contributed by atoms with Gasteiger partial charge in [-0.2, -0.15) is 0 Å². The molecule has 0 spiro atoms. The molecule has 1 N–H and O–H groups in total. The van der Waals surface area contributed by atoms with Gasteiger partial charge in [0.2, 0.25) is 0 Å². The molecular weight excluding hydrogens is 712 g/mol. The van der Waals surface area contributed by atoms with Crippen LogP contribution < -0.4 is 0 Å². The summed E-state index contributed by atoms with van der Waals surface area (Å²) in [5.41, 5.74) is 0.430. The zero-order chi connectivity index (χ0) is 38.8. The average molecular weight is 751 g/mol. The Hall–Kier alpha value is -5.68. The predicted molar refractivity (Wildman–Crippen MR) is 180 cm³/mol. The summed E-state index contributed by atoms with van der Waals surface area (Å²) < 4.78 is 51.3. The minimum Gasteiger partial charge on any atom is -0.463 e. The Labute approximate surface area is 309 Å². The molecule has 1 unspecified atom stereocenters. The lowest BCUT2D eigenvalue weighted by Crippen LogP contribution is -2.63. The van der Waals surface area contributed by atoms with Crippen LogP contribution in [0.25, 0.3) is 0 Å². The molecule has 0 aliphatic carbocycles. The van der Waals surface area contributed by atoms with Crippen molar-refractivity contribution in [3.8, 4) is 0 Å². The van der Waals surface area contributed by atoms with Crippen LogP contribution in [-0.2, 0) is 57.0 Å². The first kappa shape index (κ1) is 39.5. The van der Waals surface area contributed by atoms with Crippen molar-refractivity contribution in [3.05, 3.63) is 108 Å². The van der Waals surface area contributed by atoms with E-state index in [1.807, 2.05) is 0 Å². The van der Waals surface area contributed by atoms with E-state index in [-0.39, 0.29) is 16.7 Å². The summed E-state index contributed by atoms with van der Waals surface area (Å²) in [7, 11) is 0. The molecule has 54 heavy (non-hydrogen) atoms. The first-order valence-electron chi connectivity index (χ1n) is 16.8. The fourth-order valence-corrected chi connectivity index (χ4v) is 5.74. The van der Waals surface area contributed by atoms with Gasteiger partial charge in [0, 0.05) is 20.8 Å². The summed E-state index contributed by atoms with van der Waals surface area (Å²) in [5.74, 6) is -4.98. The molecule has 0 amide bonds. The molecule has 0 saturated carbocycles. The molecule has 0 aromatic heterocycles. The largest absolute Gasteiger partial charge is 0.463 e. The zero-order valence-corrected chi connectivity index (χ0v) is 29.3. The molecule has 16 heteroatoms. The van der Waals surface area contributed by atoms with E-state index in [0.717, 1.165) is 20.8 Å². The molecule has 2 aliphatic heterocycles. The van der Waals surface area contributed by atoms with Crippen LogP contribution in [0.15, 0.2) is 91.0 Å². The number of carbonyl (C=O) groups is 6. The van der Waals surface area contributed by atoms with E-state index in [1.54, 1.807) is 54.6 Å². The third-order valence-electron chi connectivity index (χ3n) is 8.12. The lowest BCUT2D eigenvalue weighted by Gasteiger charge is -2.44. The van der Waals surface area contributed by atoms with Crippen LogP contribution in [0.3, 0.4) is 0 Å². The average Bonchev–Trinajstić information content (AvgIpc) is 3.47. The number of esters is 6. The Morgan fingerprint density at radius 3 is 1.43 bits per heavy atom. The van der Waals surface area contributed by atoms with Crippen molar-refractivity contribution in [2.75, 3.05) is 13.2 Å². The van der Waals surface area contributed by atoms with Crippen LogP contribution in [-0.4, -0.2) is 109 Å². The number of carbonyl (C=O) groups excluding carboxylic acids is 6. The van der Waals surface area contributed by atoms with Gasteiger partial charge in [0.1, 0.15) is 31.5 Å². The van der Waals surface area contributed by atoms with Crippen LogP contribution in [0.4, 0.5) is 0 Å². The Morgan fingerprint density at radius 1 is 0.500 bits per heavy atom. The molecular formula is C38H38O16. The fourth-order valence-electron chi connectivity index (χ4n) is 5.74. The van der Waals surface area contributed by atoms with E-state index in [9.17, 15) is 33.9 Å². The molecule has 3 aromatic carbocycles. The maximum atomic E-state index is 13.6. The van der Waals surface area contributed by atoms with Crippen LogP contribution in [0.5, 0.6) is 0 Å². The highest BCUT2D eigenvalue weighted by molar-refractivity contribution is 5.91. The third kappa shape index (κ3) is 10.3. The summed E-state index contributed by atoms with van der Waals surface area (Å²) in [6.07, 6.45) is -14.4. The number of benzene rings is 3. The van der Waals surface area contributed by atoms with Crippen molar-refractivity contribution in [1.82, 2.24) is 0 Å². The van der Waals surface area contributed by atoms with E-state index >= 15 is 0 Å². The molecule has 2 fully saturated rings. The Balaban J connectivity index is 1.54. The number of aliphatic hydroxyl groups excluding tert-OH is 1. The summed E-state index contributed by atoms with van der Waals surface area (Å²) in [6, 6.07) is 23.7. The number of aliphatic hydroxyl groups is 1. The quantitative estimate of drug-likeness (QED) is 0.197. The molecule has 0 bridgehead atoms. The normalized spacial score (nSPS) is 26.1. The smallest absolute Gasteiger partial charge is 0.338 e. The highest BCUT2D eigenvalue weighted by atomic mass is 16.8. The topological polar surface area (TPSA) is 206 Å². The van der Waals surface area contributed by atoms with Gasteiger partial charge in [0.05, 0.1) is 16.7 Å². The fraction of sp³-hybridized carbons (Fsp3) is 0.368. The van der Waals surface area contributed by atoms with E-state index in [0.29, 0.717) is 0 Å². The lowest BCUT2D eigenvalue weighted by molar-refractivity contribution is -0.324. The Kier molecular flexibility index (Phi) is 13.5. The van der Waals surface area contributed by atoms with Crippen molar-refractivity contribution < 1.29 is 76.5 Å². The van der Waals surface area contributed by atoms with Crippen LogP contribution in [0.2, 0.25) is 0 Å². The first-order valence-corrected chi connectivity index (χ1v) is 16.8. The summed E-state index contributed by atoms with van der Waals surface area (Å²) in [6.45, 7) is 2.15. The molecule has 286 valence electrons. The minimum atomic E-state index is -1.92. The maximum Gasteiger partial charge on any atom is 0.338 e. The molecule has 16 nitrogen and oxygen atoms in total. The highest BCUT2D eigenvalue weighted by Gasteiger charge is 2.57. The van der Waals surface area contributed by atoms with E-state index < -0.39 is 104 Å². The van der Waals surface area contributed by atoms with E-state index in [4.69, 9.17) is 42.6 Å². The monoisotopic (exact) mass is 750 g/mol. The van der Waals surface area contributed by atoms with E-state index in [2.05, 4.69) is 0 Å². The van der Waals surface area contributed by atoms with Crippen molar-refractivity contribution in [2.24, 2.45) is 0 Å². The van der Waals surface area contributed by atoms with E-state index in [1.165, 1.54) is 36.4 Å². The van der Waals surface area contributed by atoms with Gasteiger partial charge in [-0.3, -0.25) is 14.4 Å². The Bertz CT molecular complexity index is 1770. The second-order valence-corrected chi connectivity index (χ2v) is 12.1. The second kappa shape index (κ2) is 18.4. The van der Waals surface area contributed by atoms with Crippen molar-refractivity contribution >= 4 is 35.8 Å². The lowest BCUT2D eigenvalue weighted by atomic mass is 9.98. The molecule has 2 saturated heterocycles. The summed E-state index contributed by atoms with van der Waals surface area (Å²) in [4.78, 5) is 76.3. The predicted octanol–water partition coefficient (Wildman–Crippen LogP) is 2.55. The maximum absolute atomic E-state index is 13.6. The SMILES string of the molecule is CC(=O)OC[C@H]1OC(O)[C@H](OC(C)=O)[C@@H](O[C@@H]2O[C@@H](COC(=O)c3ccccc3)[C@H](OC(=O)c3ccccc3)[C@H]2OC(=O)c2ccccc2)[C@H]1OC(C)=O. The highest BCUT2D eigenvalue weighted by Crippen LogP contribution is 2.35. The molecule has 9 atom stereocenters. The van der Waals surface area contributed by atoms with Crippen molar-refractivity contribution in [1.29, 1.82) is 0 Å². The molecule has 3 aromatic rings. The van der Waals surface area contributed by atoms with Crippen molar-refractivity contribution in [2.45, 2.75) is 76.1 Å². The number of rotatable bonds is 13. The number of hydrogen-bond acceptors (Lipinski definition) is 16. The molecule has 2 heterocycles. The van der Waals surface area contributed by atoms with Crippen LogP contribution in [0, 0.1) is 0 Å². The Morgan fingerprint density at radius 2 is 0.926 bits per heavy atom. The summed E-state index contributed by atoms with van der Waals surface area (Å²) in [5, 5.41) is 11.0. The third-order valence-corrected chi connectivity index (χ3v) is 8.12. The molecule has 0 radical (unpaired) electrons. The number of hydrogen-bond donors (Lipinski definition) is 1. The van der Waals surface area contributed by atoms with Gasteiger partial charge in [0.15, 0.2) is 37.0 Å². The minimum absolute atomic E-state index is 0.0989. The van der Waals surface area contributed by atoms with Gasteiger partial charge in [0.25, 0.3) is 0 Å². The zero-order valence-electron chi connectivity index (χ0n) is 29.3. The van der Waals surface area contributed by atoms with Gasteiger partial charge in [-0.15, -0.1) is 0 Å². The molecule has 5 rings (SSSR count). The van der Waals surface area contributed by atoms with Crippen LogP contribution in [0.1, 0.15) is 51.8 Å². The van der Waals surface area contributed by atoms with Gasteiger partial charge in [-0.05, 0) is 36.4 Å². The summed E-state index contributed by atoms with van der Waals surface area (Å²) >= 11 is 0. The van der Waals surface area contributed by atoms with Crippen LogP contribution >= 0.6 is 0 Å². The first-order chi connectivity index (χ1) is 25.9. The number of ether oxygens (including phenoxy) is 9. The van der Waals surface area contributed by atoms with Gasteiger partial charge >= 0.3 is 35.8 Å². The standard InChI is InChI=1S/C38H38O16/c1-21(39)46-19-27-29(48-22(2)40)31(32(37(45)50-27)49-23(3)41)54-38-33(53-36(44)26-17-11-6-12-18-26)30(52-35(43)25-15-9-5-10-16-25)28(51-38)20-47-34(42)24-13-7-4-8-14-24/h4-18,27-33,37-38,45H,19-20H2,1-3H3/t27-,28+,29+,30+,31+,32-,33-,37?,38+/m1/s1. The van der Waals surface area contributed by atoms with Gasteiger partial charge < -0.3 is 47.7 Å². The van der Waals surface area contributed by atoms with Crippen molar-refractivity contribution in [3.63, 3.8) is 0 Å². The molecule has 2 aliphatic rings. The van der Waals surface area contributed by atoms with Gasteiger partial charge in [-0.1, -0.05) is 54.6 Å².